The van der Waals surface area contributed by atoms with E-state index in [1.165, 1.54) is 0 Å². The lowest BCUT2D eigenvalue weighted by atomic mass is 10.2. The summed E-state index contributed by atoms with van der Waals surface area (Å²) in [6.07, 6.45) is 5.65. The summed E-state index contributed by atoms with van der Waals surface area (Å²) in [6.45, 7) is 4.76. The molecular weight excluding hydrogens is 278 g/mol. The summed E-state index contributed by atoms with van der Waals surface area (Å²) in [5.74, 6) is -0.0146. The number of amides is 1. The van der Waals surface area contributed by atoms with Crippen LogP contribution in [0.3, 0.4) is 0 Å². The number of nitrogens with one attached hydrogen (secondary N) is 2. The minimum absolute atomic E-state index is 0.0146. The molecule has 22 heavy (non-hydrogen) atoms. The number of carbonyl (C=O) groups excluding carboxylic acids is 1. The molecule has 0 saturated carbocycles. The zero-order valence-corrected chi connectivity index (χ0v) is 12.9. The Kier molecular flexibility index (Phi) is 4.20. The van der Waals surface area contributed by atoms with Crippen LogP contribution in [0.5, 0.6) is 0 Å². The molecule has 6 nitrogen and oxygen atoms in total. The van der Waals surface area contributed by atoms with Gasteiger partial charge in [-0.25, -0.2) is 0 Å². The summed E-state index contributed by atoms with van der Waals surface area (Å²) in [4.78, 5) is 18.9. The molecule has 2 aromatic heterocycles. The van der Waals surface area contributed by atoms with Crippen LogP contribution < -0.4 is 5.32 Å². The minimum atomic E-state index is -0.0146. The van der Waals surface area contributed by atoms with E-state index in [1.807, 2.05) is 18.2 Å². The average Bonchev–Trinajstić information content (AvgIpc) is 3.10. The average molecular weight is 299 g/mol. The van der Waals surface area contributed by atoms with Crippen molar-refractivity contribution >= 4 is 11.6 Å². The molecule has 0 aromatic carbocycles. The third-order valence-corrected chi connectivity index (χ3v) is 4.30. The highest BCUT2D eigenvalue weighted by Gasteiger charge is 2.28. The van der Waals surface area contributed by atoms with E-state index in [2.05, 4.69) is 39.2 Å². The Bertz CT molecular complexity index is 629. The number of aromatic nitrogens is 3. The highest BCUT2D eigenvalue weighted by Crippen LogP contribution is 2.25. The number of carbonyl (C=O) groups is 1. The Balaban J connectivity index is 1.69. The molecule has 2 atom stereocenters. The molecule has 1 aliphatic heterocycles. The normalized spacial score (nSPS) is 21.9. The van der Waals surface area contributed by atoms with Gasteiger partial charge in [0, 0.05) is 18.3 Å². The van der Waals surface area contributed by atoms with Crippen LogP contribution in [0.25, 0.3) is 11.4 Å². The molecule has 6 heteroatoms. The fourth-order valence-corrected chi connectivity index (χ4v) is 3.00. The van der Waals surface area contributed by atoms with Crippen molar-refractivity contribution in [2.75, 3.05) is 11.9 Å². The van der Waals surface area contributed by atoms with Gasteiger partial charge in [0.2, 0.25) is 5.91 Å². The largest absolute Gasteiger partial charge is 0.322 e. The van der Waals surface area contributed by atoms with E-state index < -0.39 is 0 Å². The van der Waals surface area contributed by atoms with Crippen LogP contribution >= 0.6 is 0 Å². The zero-order valence-electron chi connectivity index (χ0n) is 12.9. The molecule has 1 fully saturated rings. The maximum absolute atomic E-state index is 12.3. The maximum Gasteiger partial charge on any atom is 0.238 e. The van der Waals surface area contributed by atoms with Gasteiger partial charge in [0.15, 0.2) is 0 Å². The fraction of sp³-hybridized carbons (Fsp3) is 0.438. The first-order valence-electron chi connectivity index (χ1n) is 7.65. The van der Waals surface area contributed by atoms with Gasteiger partial charge in [-0.15, -0.1) is 0 Å². The SMILES string of the molecule is CC1CCC(C)N1CC(=O)Nc1cn[nH]c1-c1ccccn1. The van der Waals surface area contributed by atoms with Gasteiger partial charge in [0.25, 0.3) is 0 Å². The van der Waals surface area contributed by atoms with E-state index in [9.17, 15) is 4.79 Å². The molecular formula is C16H21N5O. The van der Waals surface area contributed by atoms with Gasteiger partial charge in [-0.1, -0.05) is 6.07 Å². The van der Waals surface area contributed by atoms with Gasteiger partial charge in [-0.05, 0) is 38.8 Å². The quantitative estimate of drug-likeness (QED) is 0.908. The molecule has 2 unspecified atom stereocenters. The predicted octanol–water partition coefficient (Wildman–Crippen LogP) is 2.28. The first-order valence-corrected chi connectivity index (χ1v) is 7.65. The van der Waals surface area contributed by atoms with E-state index in [0.717, 1.165) is 24.2 Å². The number of nitrogens with zero attached hydrogens (tertiary/aromatic N) is 3. The lowest BCUT2D eigenvalue weighted by Gasteiger charge is -2.24. The van der Waals surface area contributed by atoms with Crippen LogP contribution in [-0.4, -0.2) is 44.6 Å². The second-order valence-electron chi connectivity index (χ2n) is 5.87. The van der Waals surface area contributed by atoms with Gasteiger partial charge in [0.1, 0.15) is 5.69 Å². The molecule has 1 aliphatic rings. The molecule has 2 N–H and O–H groups in total. The lowest BCUT2D eigenvalue weighted by molar-refractivity contribution is -0.117. The number of likely N-dealkylation sites (tertiary alicyclic amines) is 1. The molecule has 0 radical (unpaired) electrons. The summed E-state index contributed by atoms with van der Waals surface area (Å²) in [5.41, 5.74) is 2.16. The van der Waals surface area contributed by atoms with Gasteiger partial charge in [-0.2, -0.15) is 5.10 Å². The molecule has 0 spiro atoms. The van der Waals surface area contributed by atoms with Crippen molar-refractivity contribution in [1.29, 1.82) is 0 Å². The van der Waals surface area contributed by atoms with Crippen molar-refractivity contribution in [3.63, 3.8) is 0 Å². The lowest BCUT2D eigenvalue weighted by Crippen LogP contribution is -2.39. The smallest absolute Gasteiger partial charge is 0.238 e. The van der Waals surface area contributed by atoms with Crippen molar-refractivity contribution in [2.24, 2.45) is 0 Å². The first kappa shape index (κ1) is 14.7. The highest BCUT2D eigenvalue weighted by molar-refractivity contribution is 5.95. The molecule has 1 amide bonds. The Morgan fingerprint density at radius 1 is 1.36 bits per heavy atom. The maximum atomic E-state index is 12.3. The summed E-state index contributed by atoms with van der Waals surface area (Å²) in [6, 6.07) is 6.56. The molecule has 0 bridgehead atoms. The van der Waals surface area contributed by atoms with Gasteiger partial charge in [0.05, 0.1) is 24.1 Å². The Labute approximate surface area is 129 Å². The third-order valence-electron chi connectivity index (χ3n) is 4.30. The van der Waals surface area contributed by atoms with Crippen LogP contribution in [0.15, 0.2) is 30.6 Å². The van der Waals surface area contributed by atoms with E-state index >= 15 is 0 Å². The van der Waals surface area contributed by atoms with Crippen molar-refractivity contribution in [3.8, 4) is 11.4 Å². The van der Waals surface area contributed by atoms with Crippen molar-refractivity contribution < 1.29 is 4.79 Å². The number of hydrogen-bond donors (Lipinski definition) is 2. The topological polar surface area (TPSA) is 73.9 Å². The second-order valence-corrected chi connectivity index (χ2v) is 5.87. The van der Waals surface area contributed by atoms with E-state index in [-0.39, 0.29) is 5.91 Å². The first-order chi connectivity index (χ1) is 10.6. The molecule has 116 valence electrons. The third kappa shape index (κ3) is 3.01. The minimum Gasteiger partial charge on any atom is -0.322 e. The van der Waals surface area contributed by atoms with Crippen molar-refractivity contribution in [1.82, 2.24) is 20.1 Å². The number of pyridine rings is 1. The van der Waals surface area contributed by atoms with Crippen LogP contribution in [-0.2, 0) is 4.79 Å². The van der Waals surface area contributed by atoms with E-state index in [0.29, 0.717) is 24.3 Å². The van der Waals surface area contributed by atoms with Gasteiger partial charge < -0.3 is 5.32 Å². The predicted molar refractivity (Wildman–Crippen MR) is 85.3 cm³/mol. The van der Waals surface area contributed by atoms with Crippen LogP contribution in [0.1, 0.15) is 26.7 Å². The van der Waals surface area contributed by atoms with Crippen LogP contribution in [0.4, 0.5) is 5.69 Å². The van der Waals surface area contributed by atoms with E-state index in [1.54, 1.807) is 12.4 Å². The highest BCUT2D eigenvalue weighted by atomic mass is 16.2. The monoisotopic (exact) mass is 299 g/mol. The summed E-state index contributed by atoms with van der Waals surface area (Å²) >= 11 is 0. The Morgan fingerprint density at radius 3 is 2.82 bits per heavy atom. The van der Waals surface area contributed by atoms with Gasteiger partial charge >= 0.3 is 0 Å². The Hall–Kier alpha value is -2.21. The van der Waals surface area contributed by atoms with E-state index in [4.69, 9.17) is 0 Å². The molecule has 1 saturated heterocycles. The molecule has 0 aliphatic carbocycles. The zero-order chi connectivity index (χ0) is 15.5. The van der Waals surface area contributed by atoms with Crippen molar-refractivity contribution in [2.45, 2.75) is 38.8 Å². The second kappa shape index (κ2) is 6.27. The standard InChI is InChI=1S/C16H21N5O/c1-11-6-7-12(2)21(11)10-15(22)19-14-9-18-20-16(14)13-5-3-4-8-17-13/h3-5,8-9,11-12H,6-7,10H2,1-2H3,(H,18,20)(H,19,22). The number of aromatic amines is 1. The van der Waals surface area contributed by atoms with Crippen LogP contribution in [0, 0.1) is 0 Å². The van der Waals surface area contributed by atoms with Gasteiger partial charge in [-0.3, -0.25) is 19.8 Å². The molecule has 3 heterocycles. The summed E-state index contributed by atoms with van der Waals surface area (Å²) in [5, 5.41) is 9.86. The number of anilines is 1. The Morgan fingerprint density at radius 2 is 2.14 bits per heavy atom. The molecule has 3 rings (SSSR count). The summed E-state index contributed by atoms with van der Waals surface area (Å²) < 4.78 is 0. The number of rotatable bonds is 4. The summed E-state index contributed by atoms with van der Waals surface area (Å²) in [7, 11) is 0. The number of hydrogen-bond acceptors (Lipinski definition) is 4. The number of H-pyrrole nitrogens is 1. The van der Waals surface area contributed by atoms with Crippen molar-refractivity contribution in [3.05, 3.63) is 30.6 Å². The molecule has 2 aromatic rings. The fourth-order valence-electron chi connectivity index (χ4n) is 3.00. The van der Waals surface area contributed by atoms with Crippen LogP contribution in [0.2, 0.25) is 0 Å².